The van der Waals surface area contributed by atoms with Crippen LogP contribution in [-0.2, 0) is 37.3 Å². The summed E-state index contributed by atoms with van der Waals surface area (Å²) in [4.78, 5) is 0. The Labute approximate surface area is 62.0 Å². The number of hydrogen-bond acceptors (Lipinski definition) is 0. The van der Waals surface area contributed by atoms with E-state index in [1.807, 2.05) is 0 Å². The van der Waals surface area contributed by atoms with Crippen LogP contribution in [-0.4, -0.2) is 17.6 Å². The predicted molar refractivity (Wildman–Crippen MR) is 21.0 cm³/mol. The molecule has 0 heterocycles. The Morgan fingerprint density at radius 3 is 1.25 bits per heavy atom. The molecule has 0 amide bonds. The van der Waals surface area contributed by atoms with Crippen molar-refractivity contribution in [2.45, 2.75) is 0 Å². The van der Waals surface area contributed by atoms with E-state index in [9.17, 15) is 0 Å². The van der Waals surface area contributed by atoms with Crippen LogP contribution in [0.5, 0.6) is 0 Å². The molecule has 1 unspecified atom stereocenters. The summed E-state index contributed by atoms with van der Waals surface area (Å²) in [6.45, 7) is 0. The van der Waals surface area contributed by atoms with Crippen molar-refractivity contribution in [3.63, 3.8) is 0 Å². The molecule has 0 nitrogen and oxygen atoms in total. The molecule has 0 aromatic rings. The smallest absolute Gasteiger partial charge is 0 e. The van der Waals surface area contributed by atoms with Gasteiger partial charge in [-0.15, -0.1) is 0 Å². The molecule has 0 bridgehead atoms. The molecule has 0 aliphatic rings. The molecule has 4 heteroatoms. The van der Waals surface area contributed by atoms with Crippen molar-refractivity contribution in [3.8, 4) is 0 Å². The molecule has 0 aromatic heterocycles. The molecule has 0 aliphatic heterocycles. The molecule has 0 aromatic carbocycles. The van der Waals surface area contributed by atoms with E-state index in [2.05, 4.69) is 7.57 Å². The first-order chi connectivity index (χ1) is 1.00. The zero-order valence-electron chi connectivity index (χ0n) is 1.99. The average molecular weight is 240 g/mol. The molecule has 0 spiro atoms. The van der Waals surface area contributed by atoms with Gasteiger partial charge in [0.15, 0.2) is 0 Å². The third-order valence-corrected chi connectivity index (χ3v) is 0. The molecule has 0 rings (SSSR count). The van der Waals surface area contributed by atoms with Gasteiger partial charge in [0.1, 0.15) is 0 Å². The third-order valence-electron chi connectivity index (χ3n) is 0. The summed E-state index contributed by atoms with van der Waals surface area (Å²) in [5.74, 6) is 0. The fourth-order valence-electron chi connectivity index (χ4n) is 0. The Kier molecular flexibility index (Phi) is 77.1. The van der Waals surface area contributed by atoms with Gasteiger partial charge in [0.2, 0.25) is 0 Å². The summed E-state index contributed by atoms with van der Waals surface area (Å²) in [6.07, 6.45) is 0. The van der Waals surface area contributed by atoms with E-state index in [0.29, 0.717) is 0 Å². The van der Waals surface area contributed by atoms with Gasteiger partial charge in [0.05, 0.1) is 0 Å². The van der Waals surface area contributed by atoms with Crippen LogP contribution in [0.4, 0.5) is 0 Å². The maximum absolute atomic E-state index is 2.54. The molecular formula is H6GePZn2. The van der Waals surface area contributed by atoms with E-state index in [0.717, 1.165) is 0 Å². The van der Waals surface area contributed by atoms with E-state index in [1.165, 1.54) is 17.8 Å². The summed E-state index contributed by atoms with van der Waals surface area (Å²) < 4.78 is 0. The monoisotopic (exact) mass is 239 g/mol. The zero-order chi connectivity index (χ0) is 2.00. The Morgan fingerprint density at radius 2 is 1.25 bits per heavy atom. The molecule has 0 saturated carbocycles. The van der Waals surface area contributed by atoms with Gasteiger partial charge in [-0.1, -0.05) is 0 Å². The van der Waals surface area contributed by atoms with E-state index >= 15 is 0 Å². The van der Waals surface area contributed by atoms with Gasteiger partial charge >= 0.3 is 43.0 Å². The van der Waals surface area contributed by atoms with Crippen LogP contribution in [0.15, 0.2) is 0 Å². The van der Waals surface area contributed by atoms with Gasteiger partial charge in [0, 0.05) is 19.5 Å². The Balaban J connectivity index is -0.00000000500. The summed E-state index contributed by atoms with van der Waals surface area (Å²) in [7, 11) is 2.54. The molecule has 0 N–H and O–H groups in total. The molecule has 0 aliphatic carbocycles. The normalized spacial score (nSPS) is 1.75. The van der Waals surface area contributed by atoms with Gasteiger partial charge in [-0.3, -0.25) is 0 Å². The molecule has 19 valence electrons. The summed E-state index contributed by atoms with van der Waals surface area (Å²) in [5.41, 5.74) is 0. The van der Waals surface area contributed by atoms with Crippen molar-refractivity contribution in [3.05, 3.63) is 0 Å². The second kappa shape index (κ2) is 18.9. The van der Waals surface area contributed by atoms with Crippen LogP contribution in [0, 0.1) is 0 Å². The van der Waals surface area contributed by atoms with E-state index in [4.69, 9.17) is 0 Å². The van der Waals surface area contributed by atoms with Crippen LogP contribution in [0.1, 0.15) is 0 Å². The zero-order valence-corrected chi connectivity index (χ0v) is 9.08. The Bertz CT molecular complexity index is 6.00. The molecule has 0 fully saturated rings. The standard InChI is InChI=1S/GeH4.H2P.2Zn/h1H4;1H2;;/q;-1;;+1. The van der Waals surface area contributed by atoms with Gasteiger partial charge in [-0.2, -0.15) is 0 Å². The van der Waals surface area contributed by atoms with Crippen molar-refractivity contribution in [1.29, 1.82) is 0 Å². The second-order valence-electron chi connectivity index (χ2n) is 0. The predicted octanol–water partition coefficient (Wildman–Crippen LogP) is -1.13. The van der Waals surface area contributed by atoms with E-state index in [-0.39, 0.29) is 37.1 Å². The first-order valence-corrected chi connectivity index (χ1v) is 6.36. The quantitative estimate of drug-likeness (QED) is 0.371. The van der Waals surface area contributed by atoms with Crippen molar-refractivity contribution < 1.29 is 37.3 Å². The average Bonchev–Trinajstić information content (AvgIpc) is 1.00. The largest absolute Gasteiger partial charge is 0 e. The first-order valence-electron chi connectivity index (χ1n) is 0.408. The van der Waals surface area contributed by atoms with Crippen molar-refractivity contribution >= 4 is 25.2 Å². The van der Waals surface area contributed by atoms with Crippen LogP contribution in [0.25, 0.3) is 0 Å². The van der Waals surface area contributed by atoms with Gasteiger partial charge in [-0.25, -0.2) is 0 Å². The topological polar surface area (TPSA) is 0 Å². The van der Waals surface area contributed by atoms with Crippen LogP contribution in [0.3, 0.4) is 0 Å². The summed E-state index contributed by atoms with van der Waals surface area (Å²) in [6, 6.07) is 0. The van der Waals surface area contributed by atoms with Crippen molar-refractivity contribution in [2.24, 2.45) is 0 Å². The van der Waals surface area contributed by atoms with Crippen LogP contribution < -0.4 is 0 Å². The minimum atomic E-state index is 0. The summed E-state index contributed by atoms with van der Waals surface area (Å²) in [5, 5.41) is 0. The molecule has 4 heavy (non-hydrogen) atoms. The third kappa shape index (κ3) is 8.88. The van der Waals surface area contributed by atoms with Crippen LogP contribution in [0.2, 0.25) is 0 Å². The molecule has 0 radical (unpaired) electrons. The van der Waals surface area contributed by atoms with E-state index < -0.39 is 0 Å². The fraction of sp³-hybridized carbons (Fsp3) is 0. The van der Waals surface area contributed by atoms with Gasteiger partial charge in [-0.05, 0) is 0 Å². The number of rotatable bonds is 0. The minimum Gasteiger partial charge on any atom is 0 e. The molecule has 0 saturated heterocycles. The Hall–Kier alpha value is 2.22. The minimum absolute atomic E-state index is 0. The molecular weight excluding hydrogens is 234 g/mol. The summed E-state index contributed by atoms with van der Waals surface area (Å²) >= 11 is 1.29. The van der Waals surface area contributed by atoms with Crippen molar-refractivity contribution in [2.75, 3.05) is 0 Å². The SMILES string of the molecule is [GeH4].[PH2][Zn].[Zn]. The molecule has 1 atom stereocenters. The van der Waals surface area contributed by atoms with Crippen molar-refractivity contribution in [1.82, 2.24) is 0 Å². The second-order valence-corrected chi connectivity index (χ2v) is 0. The first kappa shape index (κ1) is 16.3. The maximum atomic E-state index is 2.54. The van der Waals surface area contributed by atoms with Crippen LogP contribution >= 0.6 is 7.57 Å². The maximum Gasteiger partial charge on any atom is 0 e. The van der Waals surface area contributed by atoms with Gasteiger partial charge < -0.3 is 0 Å². The van der Waals surface area contributed by atoms with E-state index in [1.54, 1.807) is 0 Å². The van der Waals surface area contributed by atoms with Gasteiger partial charge in [0.25, 0.3) is 0 Å². The number of hydrogen-bond donors (Lipinski definition) is 0. The fourth-order valence-corrected chi connectivity index (χ4v) is 0. The Morgan fingerprint density at radius 1 is 1.25 bits per heavy atom.